The molecule has 0 saturated carbocycles. The zero-order valence-corrected chi connectivity index (χ0v) is 25.0. The molecule has 19 heteroatoms. The van der Waals surface area contributed by atoms with E-state index in [1.165, 1.54) is 0 Å². The van der Waals surface area contributed by atoms with Crippen LogP contribution in [-0.4, -0.2) is 105 Å². The monoisotopic (exact) mass is 631 g/mol. The number of aromatic amines is 1. The van der Waals surface area contributed by atoms with Gasteiger partial charge in [0.2, 0.25) is 0 Å². The number of hydrogen-bond donors (Lipinski definition) is 7. The van der Waals surface area contributed by atoms with Crippen LogP contribution in [0.1, 0.15) is 37.6 Å². The lowest BCUT2D eigenvalue weighted by atomic mass is 10.1. The molecule has 8 N–H and O–H groups in total. The van der Waals surface area contributed by atoms with Crippen LogP contribution in [0, 0.1) is 0 Å². The van der Waals surface area contributed by atoms with Gasteiger partial charge in [-0.2, -0.15) is 0 Å². The third kappa shape index (κ3) is 11.9. The van der Waals surface area contributed by atoms with Gasteiger partial charge in [-0.05, 0) is 58.4 Å². The molecule has 1 saturated heterocycles. The van der Waals surface area contributed by atoms with E-state index >= 15 is 0 Å². The van der Waals surface area contributed by atoms with Gasteiger partial charge < -0.3 is 41.2 Å². The number of amides is 1. The highest BCUT2D eigenvalue weighted by Gasteiger charge is 2.48. The van der Waals surface area contributed by atoms with Gasteiger partial charge in [0.25, 0.3) is 5.56 Å². The Bertz CT molecular complexity index is 1300. The number of nitrogens with zero attached hydrogens (tertiary/aromatic N) is 4. The van der Waals surface area contributed by atoms with E-state index in [1.807, 2.05) is 4.98 Å². The van der Waals surface area contributed by atoms with Gasteiger partial charge >= 0.3 is 19.4 Å². The molecule has 0 aliphatic carbocycles. The van der Waals surface area contributed by atoms with Crippen molar-refractivity contribution in [2.24, 2.45) is 5.73 Å². The molecule has 242 valence electrons. The molecule has 2 aromatic heterocycles. The summed E-state index contributed by atoms with van der Waals surface area (Å²) in [5, 5.41) is 28.0. The largest absolute Gasteiger partial charge is 0.447 e. The fourth-order valence-electron chi connectivity index (χ4n) is 4.31. The van der Waals surface area contributed by atoms with E-state index in [0.29, 0.717) is 18.8 Å². The molecular weight excluding hydrogens is 589 g/mol. The van der Waals surface area contributed by atoms with E-state index < -0.39 is 56.1 Å². The Morgan fingerprint density at radius 2 is 1.88 bits per heavy atom. The molecule has 2 unspecified atom stereocenters. The molecule has 0 bridgehead atoms. The molecular formula is C24H42N9O9P. The second-order valence-electron chi connectivity index (χ2n) is 10.1. The van der Waals surface area contributed by atoms with Crippen molar-refractivity contribution in [3.8, 4) is 0 Å². The zero-order valence-electron chi connectivity index (χ0n) is 24.1. The van der Waals surface area contributed by atoms with Crippen LogP contribution in [-0.2, 0) is 31.7 Å². The number of alkyl carbamates (subject to hydrolysis) is 1. The van der Waals surface area contributed by atoms with Gasteiger partial charge in [0, 0.05) is 25.5 Å². The first-order valence-electron chi connectivity index (χ1n) is 14.1. The topological polar surface area (TPSA) is 250 Å². The summed E-state index contributed by atoms with van der Waals surface area (Å²) in [6.07, 6.45) is 0.387. The first kappa shape index (κ1) is 34.5. The maximum atomic E-state index is 12.3. The van der Waals surface area contributed by atoms with Crippen LogP contribution in [0.25, 0.3) is 0 Å². The Hall–Kier alpha value is -2.96. The number of aliphatic hydroxyl groups is 1. The minimum absolute atomic E-state index is 0.0284. The van der Waals surface area contributed by atoms with Crippen LogP contribution in [0.2, 0.25) is 0 Å². The number of rotatable bonds is 19. The minimum atomic E-state index is -4.12. The summed E-state index contributed by atoms with van der Waals surface area (Å²) in [5.41, 5.74) is 4.43. The number of nitrogens with one attached hydrogen (secondary N) is 4. The number of carbonyl (C=O) groups is 1. The second kappa shape index (κ2) is 17.4. The molecule has 0 spiro atoms. The summed E-state index contributed by atoms with van der Waals surface area (Å²) in [4.78, 5) is 47.6. The fourth-order valence-corrected chi connectivity index (χ4v) is 5.02. The third-order valence-electron chi connectivity index (χ3n) is 6.39. The van der Waals surface area contributed by atoms with Gasteiger partial charge in [-0.3, -0.25) is 28.1 Å². The first-order chi connectivity index (χ1) is 20.6. The van der Waals surface area contributed by atoms with Gasteiger partial charge in [-0.25, -0.2) is 9.59 Å². The minimum Gasteiger partial charge on any atom is -0.447 e. The third-order valence-corrected chi connectivity index (χ3v) is 7.02. The molecule has 1 amide bonds. The van der Waals surface area contributed by atoms with Crippen molar-refractivity contribution < 1.29 is 33.4 Å². The molecule has 1 aliphatic heterocycles. The molecule has 3 rings (SSSR count). The smallest absolute Gasteiger partial charge is 0.407 e. The Kier molecular flexibility index (Phi) is 13.9. The summed E-state index contributed by atoms with van der Waals surface area (Å²) in [5.74, 6) is 0. The van der Waals surface area contributed by atoms with Crippen molar-refractivity contribution >= 4 is 13.7 Å². The molecule has 43 heavy (non-hydrogen) atoms. The van der Waals surface area contributed by atoms with Gasteiger partial charge in [0.05, 0.1) is 12.7 Å². The normalized spacial score (nSPS) is 21.5. The van der Waals surface area contributed by atoms with Crippen LogP contribution in [0.5, 0.6) is 0 Å². The van der Waals surface area contributed by atoms with E-state index in [9.17, 15) is 28.9 Å². The number of ether oxygens (including phenoxy) is 2. The van der Waals surface area contributed by atoms with Crippen molar-refractivity contribution in [1.82, 2.24) is 40.5 Å². The highest BCUT2D eigenvalue weighted by Crippen LogP contribution is 2.44. The second-order valence-corrected chi connectivity index (χ2v) is 11.9. The maximum Gasteiger partial charge on any atom is 0.407 e. The van der Waals surface area contributed by atoms with Gasteiger partial charge in [-0.1, -0.05) is 5.21 Å². The SMILES string of the molecule is CP(=O)(O)O[C@@H]1C(O)[C@H](n2ccc(=O)[nH]c2=O)O[C@@H]1COC(=O)NCc1cn(CCCNCCCCNCCCN)nn1. The standard InChI is InChI=1S/C24H42N9O9P/c1-43(38,39)42-21-18(41-22(20(21)35)33-13-6-19(34)29-23(33)36)16-40-24(37)28-14-17-15-32(31-30-17)12-5-11-27-9-3-2-8-26-10-4-7-25/h6,13,15,18,20-22,26-27,35H,2-5,7-12,14,16,25H2,1H3,(H,28,37)(H,38,39)(H,29,34,36)/t18-,20?,21+,22-/m1/s1. The number of aryl methyl sites for hydroxylation is 1. The summed E-state index contributed by atoms with van der Waals surface area (Å²) in [6, 6.07) is 1.04. The van der Waals surface area contributed by atoms with Gasteiger partial charge in [0.15, 0.2) is 6.23 Å². The number of aromatic nitrogens is 5. The Morgan fingerprint density at radius 3 is 2.56 bits per heavy atom. The van der Waals surface area contributed by atoms with E-state index in [2.05, 4.69) is 26.3 Å². The van der Waals surface area contributed by atoms with Crippen LogP contribution in [0.3, 0.4) is 0 Å². The number of hydrogen-bond acceptors (Lipinski definition) is 13. The lowest BCUT2D eigenvalue weighted by Gasteiger charge is -2.21. The summed E-state index contributed by atoms with van der Waals surface area (Å²) < 4.78 is 30.4. The van der Waals surface area contributed by atoms with E-state index in [1.54, 1.807) is 10.9 Å². The van der Waals surface area contributed by atoms with E-state index in [4.69, 9.17) is 19.7 Å². The predicted octanol–water partition coefficient (Wildman–Crippen LogP) is -1.79. The molecule has 2 aromatic rings. The van der Waals surface area contributed by atoms with Crippen molar-refractivity contribution in [1.29, 1.82) is 0 Å². The maximum absolute atomic E-state index is 12.3. The van der Waals surface area contributed by atoms with E-state index in [0.717, 1.165) is 75.4 Å². The highest BCUT2D eigenvalue weighted by molar-refractivity contribution is 7.51. The highest BCUT2D eigenvalue weighted by atomic mass is 31.2. The molecule has 5 atom stereocenters. The van der Waals surface area contributed by atoms with Crippen molar-refractivity contribution in [3.63, 3.8) is 0 Å². The number of nitrogens with two attached hydrogens (primary N) is 1. The fraction of sp³-hybridized carbons (Fsp3) is 0.708. The number of H-pyrrole nitrogens is 1. The molecule has 1 aliphatic rings. The zero-order chi connectivity index (χ0) is 31.2. The number of unbranched alkanes of at least 4 members (excludes halogenated alkanes) is 1. The van der Waals surface area contributed by atoms with Gasteiger partial charge in [-0.15, -0.1) is 5.10 Å². The Labute approximate surface area is 247 Å². The van der Waals surface area contributed by atoms with Crippen LogP contribution >= 0.6 is 7.60 Å². The summed E-state index contributed by atoms with van der Waals surface area (Å²) in [6.45, 7) is 5.55. The lowest BCUT2D eigenvalue weighted by Crippen LogP contribution is -2.39. The van der Waals surface area contributed by atoms with Crippen molar-refractivity contribution in [2.75, 3.05) is 46.0 Å². The van der Waals surface area contributed by atoms with Gasteiger partial charge in [0.1, 0.15) is 30.6 Å². The van der Waals surface area contributed by atoms with Crippen LogP contribution < -0.4 is 32.9 Å². The number of aliphatic hydroxyl groups excluding tert-OH is 1. The average molecular weight is 632 g/mol. The Morgan fingerprint density at radius 1 is 1.19 bits per heavy atom. The average Bonchev–Trinajstić information content (AvgIpc) is 3.52. The number of carbonyl (C=O) groups excluding carboxylic acids is 1. The first-order valence-corrected chi connectivity index (χ1v) is 16.1. The lowest BCUT2D eigenvalue weighted by molar-refractivity contribution is -0.0565. The summed E-state index contributed by atoms with van der Waals surface area (Å²) in [7, 11) is -4.12. The van der Waals surface area contributed by atoms with E-state index in [-0.39, 0.29) is 6.54 Å². The molecule has 1 fully saturated rings. The van der Waals surface area contributed by atoms with Crippen LogP contribution in [0.15, 0.2) is 28.0 Å². The van der Waals surface area contributed by atoms with Crippen LogP contribution in [0.4, 0.5) is 4.79 Å². The summed E-state index contributed by atoms with van der Waals surface area (Å²) >= 11 is 0. The molecule has 3 heterocycles. The Balaban J connectivity index is 1.38. The van der Waals surface area contributed by atoms with Crippen molar-refractivity contribution in [2.45, 2.75) is 63.3 Å². The molecule has 18 nitrogen and oxygen atoms in total. The molecule has 0 aromatic carbocycles. The predicted molar refractivity (Wildman–Crippen MR) is 153 cm³/mol. The molecule has 0 radical (unpaired) electrons. The quantitative estimate of drug-likeness (QED) is 0.0668. The van der Waals surface area contributed by atoms with Crippen molar-refractivity contribution in [3.05, 3.63) is 45.0 Å².